The molecule has 4 heterocycles. The van der Waals surface area contributed by atoms with Crippen molar-refractivity contribution in [2.24, 2.45) is 5.92 Å². The number of rotatable bonds is 4. The summed E-state index contributed by atoms with van der Waals surface area (Å²) < 4.78 is 0.928. The molecule has 1 aromatic heterocycles. The monoisotopic (exact) mass is 318 g/mol. The van der Waals surface area contributed by atoms with Crippen LogP contribution in [-0.4, -0.2) is 58.8 Å². The van der Waals surface area contributed by atoms with Crippen molar-refractivity contribution in [3.05, 3.63) is 24.5 Å². The van der Waals surface area contributed by atoms with Crippen LogP contribution in [0.2, 0.25) is 6.82 Å². The predicted octanol–water partition coefficient (Wildman–Crippen LogP) is 1.01. The molecule has 3 fully saturated rings. The number of fused-ring (bicyclic) bond motifs is 3. The smallest absolute Gasteiger partial charge is 0.393 e. The van der Waals surface area contributed by atoms with Gasteiger partial charge in [-0.3, -0.25) is 4.98 Å². The minimum atomic E-state index is -0.677. The summed E-state index contributed by atoms with van der Waals surface area (Å²) in [6, 6.07) is 3.77. The van der Waals surface area contributed by atoms with Gasteiger partial charge in [-0.2, -0.15) is 0 Å². The van der Waals surface area contributed by atoms with Crippen LogP contribution in [0.5, 0.6) is 0 Å². The maximum absolute atomic E-state index is 11.1. The van der Waals surface area contributed by atoms with E-state index in [2.05, 4.69) is 29.9 Å². The van der Waals surface area contributed by atoms with E-state index in [4.69, 9.17) is 12.2 Å². The number of aliphatic hydroxyl groups is 1. The molecule has 3 aliphatic heterocycles. The minimum absolute atomic E-state index is 0.376. The van der Waals surface area contributed by atoms with Crippen LogP contribution in [0.25, 0.3) is 0 Å². The van der Waals surface area contributed by atoms with Crippen LogP contribution in [0.4, 0.5) is 5.69 Å². The normalized spacial score (nSPS) is 33.3. The molecule has 0 saturated carbocycles. The maximum atomic E-state index is 11.1. The van der Waals surface area contributed by atoms with Gasteiger partial charge in [-0.1, -0.05) is 0 Å². The van der Waals surface area contributed by atoms with Gasteiger partial charge in [-0.05, 0) is 31.2 Å². The average Bonchev–Trinajstić information content (AvgIpc) is 2.55. The molecule has 0 aliphatic carbocycles. The van der Waals surface area contributed by atoms with Gasteiger partial charge in [0.2, 0.25) is 0 Å². The Labute approximate surface area is 138 Å². The molecule has 3 saturated heterocycles. The highest BCUT2D eigenvalue weighted by atomic mass is 32.1. The fraction of sp³-hybridized carbons (Fsp3) is 0.600. The van der Waals surface area contributed by atoms with Gasteiger partial charge in [0, 0.05) is 25.0 Å². The van der Waals surface area contributed by atoms with Crippen LogP contribution >= 0.6 is 12.2 Å². The molecule has 5 nitrogen and oxygen atoms in total. The van der Waals surface area contributed by atoms with E-state index in [0.29, 0.717) is 17.6 Å². The Hall–Kier alpha value is -1.18. The molecule has 3 aliphatic rings. The third-order valence-electron chi connectivity index (χ3n) is 5.22. The molecule has 4 rings (SSSR count). The Morgan fingerprint density at radius 3 is 2.95 bits per heavy atom. The molecule has 0 spiro atoms. The van der Waals surface area contributed by atoms with E-state index in [1.807, 2.05) is 12.1 Å². The summed E-state index contributed by atoms with van der Waals surface area (Å²) in [6.45, 7) is 5.70. The molecule has 1 unspecified atom stereocenters. The first-order valence-corrected chi connectivity index (χ1v) is 8.30. The van der Waals surface area contributed by atoms with Crippen molar-refractivity contribution in [1.29, 1.82) is 0 Å². The number of hydrogen-bond donors (Lipinski definition) is 3. The van der Waals surface area contributed by atoms with Crippen LogP contribution < -0.4 is 10.6 Å². The van der Waals surface area contributed by atoms with Gasteiger partial charge in [-0.15, -0.1) is 0 Å². The Kier molecular flexibility index (Phi) is 4.39. The lowest BCUT2D eigenvalue weighted by Crippen LogP contribution is -2.72. The van der Waals surface area contributed by atoms with Crippen molar-refractivity contribution >= 4 is 30.4 Å². The van der Waals surface area contributed by atoms with Gasteiger partial charge in [0.1, 0.15) is 5.60 Å². The Bertz CT molecular complexity index is 536. The summed E-state index contributed by atoms with van der Waals surface area (Å²) in [5.74, 6) is 0.376. The molecule has 1 atom stereocenters. The number of quaternary nitrogens is 1. The molecular weight excluding hydrogens is 295 g/mol. The lowest BCUT2D eigenvalue weighted by molar-refractivity contribution is -0.851. The summed E-state index contributed by atoms with van der Waals surface area (Å²) in [5, 5.41) is 17.9. The van der Waals surface area contributed by atoms with Crippen LogP contribution in [0, 0.1) is 5.92 Å². The minimum Gasteiger partial charge on any atom is -0.393 e. The second kappa shape index (κ2) is 6.14. The first-order chi connectivity index (χ1) is 10.6. The largest absolute Gasteiger partial charge is 0.443 e. The Morgan fingerprint density at radius 2 is 2.32 bits per heavy atom. The van der Waals surface area contributed by atoms with Gasteiger partial charge in [0.15, 0.2) is 5.11 Å². The second-order valence-corrected chi connectivity index (χ2v) is 6.92. The van der Waals surface area contributed by atoms with Gasteiger partial charge in [0.25, 0.3) is 0 Å². The molecule has 7 heteroatoms. The summed E-state index contributed by atoms with van der Waals surface area (Å²) in [5.41, 5.74) is 0.176. The van der Waals surface area contributed by atoms with E-state index < -0.39 is 5.60 Å². The zero-order valence-corrected chi connectivity index (χ0v) is 13.8. The first kappa shape index (κ1) is 15.7. The third-order valence-corrected chi connectivity index (χ3v) is 5.46. The number of aromatic nitrogens is 1. The molecular formula is C15H23BN4OS+. The van der Waals surface area contributed by atoms with E-state index in [1.54, 1.807) is 12.4 Å². The summed E-state index contributed by atoms with van der Waals surface area (Å²) in [6.07, 6.45) is 5.63. The number of pyridine rings is 1. The van der Waals surface area contributed by atoms with E-state index in [9.17, 15) is 5.11 Å². The number of nitrogens with one attached hydrogen (secondary N) is 2. The van der Waals surface area contributed by atoms with E-state index in [-0.39, 0.29) is 0 Å². The van der Waals surface area contributed by atoms with Crippen LogP contribution in [0.15, 0.2) is 24.5 Å². The molecule has 3 N–H and O–H groups in total. The fourth-order valence-corrected chi connectivity index (χ4v) is 4.04. The number of thiocarbonyl (C=S) groups is 1. The average molecular weight is 318 g/mol. The lowest BCUT2D eigenvalue weighted by Gasteiger charge is -2.56. The third kappa shape index (κ3) is 3.11. The van der Waals surface area contributed by atoms with Crippen molar-refractivity contribution in [3.8, 4) is 0 Å². The van der Waals surface area contributed by atoms with E-state index in [1.165, 1.54) is 0 Å². The van der Waals surface area contributed by atoms with Gasteiger partial charge in [0.05, 0.1) is 38.1 Å². The fourth-order valence-electron chi connectivity index (χ4n) is 3.85. The second-order valence-electron chi connectivity index (χ2n) is 6.51. The van der Waals surface area contributed by atoms with Crippen LogP contribution in [-0.2, 0) is 0 Å². The highest BCUT2D eigenvalue weighted by molar-refractivity contribution is 7.80. The maximum Gasteiger partial charge on any atom is 0.443 e. The van der Waals surface area contributed by atoms with Gasteiger partial charge < -0.3 is 20.1 Å². The van der Waals surface area contributed by atoms with E-state index >= 15 is 0 Å². The standard InChI is InChI=1S/C15H23BN4OS/c1-16-20-7-4-12(5-8-20)15(21,11-20)10-18-14(22)19-13-3-2-6-17-9-13/h2-3,6,9,12,21H,4-5,7-8,10-11H2,1H3,(H2,18,19,22)/q+1. The lowest BCUT2D eigenvalue weighted by atomic mass is 9.68. The summed E-state index contributed by atoms with van der Waals surface area (Å²) in [4.78, 5) is 4.05. The van der Waals surface area contributed by atoms with Crippen molar-refractivity contribution < 1.29 is 9.50 Å². The SMILES string of the molecule is C[B][N+]12CCC(CC1)C(O)(CNC(=S)Nc1cccnc1)C2. The Morgan fingerprint density at radius 1 is 1.55 bits per heavy atom. The van der Waals surface area contributed by atoms with Crippen molar-refractivity contribution in [2.75, 3.05) is 31.5 Å². The van der Waals surface area contributed by atoms with Crippen molar-refractivity contribution in [1.82, 2.24) is 10.3 Å². The molecule has 0 aromatic carbocycles. The first-order valence-electron chi connectivity index (χ1n) is 7.89. The van der Waals surface area contributed by atoms with Crippen LogP contribution in [0.1, 0.15) is 12.8 Å². The molecule has 117 valence electrons. The number of hydrogen-bond acceptors (Lipinski definition) is 3. The highest BCUT2D eigenvalue weighted by Gasteiger charge is 2.53. The number of anilines is 1. The molecule has 22 heavy (non-hydrogen) atoms. The molecule has 1 aromatic rings. The highest BCUT2D eigenvalue weighted by Crippen LogP contribution is 2.39. The summed E-state index contributed by atoms with van der Waals surface area (Å²) >= 11 is 5.32. The quantitative estimate of drug-likeness (QED) is 0.571. The number of nitrogens with zero attached hydrogens (tertiary/aromatic N) is 2. The van der Waals surface area contributed by atoms with Crippen molar-refractivity contribution in [3.63, 3.8) is 0 Å². The van der Waals surface area contributed by atoms with Gasteiger partial charge in [-0.25, -0.2) is 0 Å². The zero-order chi connectivity index (χ0) is 15.6. The molecule has 2 bridgehead atoms. The molecule has 1 radical (unpaired) electrons. The van der Waals surface area contributed by atoms with Crippen molar-refractivity contribution in [2.45, 2.75) is 25.3 Å². The van der Waals surface area contributed by atoms with E-state index in [0.717, 1.165) is 42.6 Å². The van der Waals surface area contributed by atoms with Crippen LogP contribution in [0.3, 0.4) is 0 Å². The molecule has 0 amide bonds. The Balaban J connectivity index is 1.57. The zero-order valence-electron chi connectivity index (χ0n) is 13.0. The predicted molar refractivity (Wildman–Crippen MR) is 92.6 cm³/mol. The number of piperidine rings is 3. The topological polar surface area (TPSA) is 57.2 Å². The van der Waals surface area contributed by atoms with Gasteiger partial charge >= 0.3 is 7.41 Å². The summed E-state index contributed by atoms with van der Waals surface area (Å²) in [7, 11) is 2.24.